The van der Waals surface area contributed by atoms with E-state index >= 15 is 0 Å². The number of carbonyl (C=O) groups is 2. The second-order valence-electron chi connectivity index (χ2n) is 6.44. The van der Waals surface area contributed by atoms with Crippen LogP contribution in [0.1, 0.15) is 15.9 Å². The smallest absolute Gasteiger partial charge is 0.299 e. The number of benzene rings is 2. The highest BCUT2D eigenvalue weighted by molar-refractivity contribution is 6.51. The number of phenols is 1. The number of halogens is 2. The summed E-state index contributed by atoms with van der Waals surface area (Å²) >= 11 is 12.5. The molecule has 0 radical (unpaired) electrons. The Labute approximate surface area is 180 Å². The second-order valence-corrected chi connectivity index (χ2v) is 7.23. The van der Waals surface area contributed by atoms with Gasteiger partial charge >= 0.3 is 0 Å². The third-order valence-corrected chi connectivity index (χ3v) is 5.11. The van der Waals surface area contributed by atoms with Gasteiger partial charge in [-0.2, -0.15) is 0 Å². The van der Waals surface area contributed by atoms with Crippen LogP contribution in [-0.4, -0.2) is 31.3 Å². The van der Waals surface area contributed by atoms with Crippen LogP contribution < -0.4 is 5.32 Å². The highest BCUT2D eigenvalue weighted by Gasteiger charge is 2.27. The van der Waals surface area contributed by atoms with Crippen molar-refractivity contribution in [2.45, 2.75) is 6.54 Å². The minimum atomic E-state index is -0.933. The molecule has 0 fully saturated rings. The van der Waals surface area contributed by atoms with Gasteiger partial charge in [-0.05, 0) is 42.0 Å². The molecule has 0 atom stereocenters. The predicted octanol–water partition coefficient (Wildman–Crippen LogP) is 4.31. The molecule has 0 aliphatic heterocycles. The third-order valence-electron chi connectivity index (χ3n) is 4.46. The van der Waals surface area contributed by atoms with Gasteiger partial charge in [-0.25, -0.2) is 9.97 Å². The molecule has 9 heteroatoms. The number of hydrogen-bond acceptors (Lipinski definition) is 5. The highest BCUT2D eigenvalue weighted by Crippen LogP contribution is 2.33. The maximum atomic E-state index is 12.9. The predicted molar refractivity (Wildman–Crippen MR) is 114 cm³/mol. The molecule has 2 aromatic heterocycles. The first-order valence-corrected chi connectivity index (χ1v) is 9.57. The summed E-state index contributed by atoms with van der Waals surface area (Å²) in [5, 5.41) is 13.3. The zero-order valence-corrected chi connectivity index (χ0v) is 16.9. The summed E-state index contributed by atoms with van der Waals surface area (Å²) in [5.74, 6) is -1.85. The summed E-state index contributed by atoms with van der Waals surface area (Å²) in [6.45, 7) is 0.341. The molecule has 2 heterocycles. The summed E-state index contributed by atoms with van der Waals surface area (Å²) in [4.78, 5) is 33.2. The van der Waals surface area contributed by atoms with E-state index < -0.39 is 11.7 Å². The SMILES string of the molecule is O=C(Nc1ncccn1)C(=O)c1c(Cl)n(Cc2ccc(Cl)cc2)c2ccc(O)cc12. The van der Waals surface area contributed by atoms with Crippen molar-refractivity contribution in [3.63, 3.8) is 0 Å². The molecule has 0 saturated carbocycles. The summed E-state index contributed by atoms with van der Waals surface area (Å²) in [6.07, 6.45) is 2.88. The Hall–Kier alpha value is -3.42. The molecule has 30 heavy (non-hydrogen) atoms. The van der Waals surface area contributed by atoms with Crippen LogP contribution in [0.4, 0.5) is 5.95 Å². The number of phenolic OH excluding ortho intramolecular Hbond substituents is 1. The van der Waals surface area contributed by atoms with Crippen molar-refractivity contribution in [3.05, 3.63) is 82.2 Å². The van der Waals surface area contributed by atoms with E-state index in [4.69, 9.17) is 23.2 Å². The maximum absolute atomic E-state index is 12.9. The lowest BCUT2D eigenvalue weighted by molar-refractivity contribution is -0.112. The number of rotatable bonds is 5. The zero-order chi connectivity index (χ0) is 21.3. The first-order chi connectivity index (χ1) is 14.4. The standard InChI is InChI=1S/C21H14Cl2N4O3/c22-13-4-2-12(3-5-13)11-27-16-7-6-14(28)10-15(16)17(19(27)23)18(29)20(30)26-21-24-8-1-9-25-21/h1-10,28H,11H2,(H,24,25,26,30). The van der Waals surface area contributed by atoms with Gasteiger partial charge in [0.05, 0.1) is 11.1 Å². The molecule has 150 valence electrons. The van der Waals surface area contributed by atoms with Gasteiger partial charge in [-0.3, -0.25) is 14.9 Å². The quantitative estimate of drug-likeness (QED) is 0.355. The Balaban J connectivity index is 1.76. The van der Waals surface area contributed by atoms with Crippen LogP contribution in [-0.2, 0) is 11.3 Å². The number of ketones is 1. The van der Waals surface area contributed by atoms with Gasteiger partial charge in [0.15, 0.2) is 0 Å². The van der Waals surface area contributed by atoms with Crippen molar-refractivity contribution in [2.75, 3.05) is 5.32 Å². The summed E-state index contributed by atoms with van der Waals surface area (Å²) in [5.41, 5.74) is 1.48. The Morgan fingerprint density at radius 3 is 2.43 bits per heavy atom. The summed E-state index contributed by atoms with van der Waals surface area (Å²) in [6, 6.07) is 13.3. The van der Waals surface area contributed by atoms with Gasteiger partial charge in [0.25, 0.3) is 11.7 Å². The minimum absolute atomic E-state index is 0.000257. The molecule has 1 amide bonds. The molecule has 0 aliphatic carbocycles. The average Bonchev–Trinajstić information content (AvgIpc) is 3.00. The zero-order valence-electron chi connectivity index (χ0n) is 15.3. The molecule has 2 aromatic carbocycles. The molecule has 0 saturated heterocycles. The number of carbonyl (C=O) groups excluding carboxylic acids is 2. The number of nitrogens with zero attached hydrogens (tertiary/aromatic N) is 3. The molecule has 4 rings (SSSR count). The van der Waals surface area contributed by atoms with E-state index in [0.29, 0.717) is 22.5 Å². The van der Waals surface area contributed by atoms with Gasteiger partial charge in [-0.1, -0.05) is 35.3 Å². The number of fused-ring (bicyclic) bond motifs is 1. The molecule has 0 spiro atoms. The van der Waals surface area contributed by atoms with Crippen molar-refractivity contribution in [1.29, 1.82) is 0 Å². The molecule has 7 nitrogen and oxygen atoms in total. The van der Waals surface area contributed by atoms with Crippen molar-refractivity contribution >= 4 is 51.7 Å². The van der Waals surface area contributed by atoms with Crippen molar-refractivity contribution < 1.29 is 14.7 Å². The van der Waals surface area contributed by atoms with Crippen LogP contribution in [0.25, 0.3) is 10.9 Å². The Morgan fingerprint density at radius 2 is 1.73 bits per heavy atom. The van der Waals surface area contributed by atoms with E-state index in [1.807, 2.05) is 12.1 Å². The monoisotopic (exact) mass is 440 g/mol. The fourth-order valence-corrected chi connectivity index (χ4v) is 3.55. The number of amides is 1. The van der Waals surface area contributed by atoms with Crippen molar-refractivity contribution in [3.8, 4) is 5.75 Å². The summed E-state index contributed by atoms with van der Waals surface area (Å²) in [7, 11) is 0. The Kier molecular flexibility index (Phi) is 5.39. The normalized spacial score (nSPS) is 10.9. The van der Waals surface area contributed by atoms with E-state index in [9.17, 15) is 14.7 Å². The Bertz CT molecular complexity index is 1250. The lowest BCUT2D eigenvalue weighted by Gasteiger charge is -2.08. The fourth-order valence-electron chi connectivity index (χ4n) is 3.09. The molecule has 2 N–H and O–H groups in total. The first kappa shape index (κ1) is 19.9. The number of Topliss-reactive ketones (excluding diaryl/α,β-unsaturated/α-hetero) is 1. The van der Waals surface area contributed by atoms with Gasteiger partial charge < -0.3 is 9.67 Å². The minimum Gasteiger partial charge on any atom is -0.508 e. The lowest BCUT2D eigenvalue weighted by atomic mass is 10.1. The van der Waals surface area contributed by atoms with Crippen LogP contribution in [0.2, 0.25) is 10.2 Å². The van der Waals surface area contributed by atoms with E-state index in [0.717, 1.165) is 5.56 Å². The fraction of sp³-hybridized carbons (Fsp3) is 0.0476. The van der Waals surface area contributed by atoms with Gasteiger partial charge in [0, 0.05) is 29.3 Å². The van der Waals surface area contributed by atoms with Crippen LogP contribution in [0.15, 0.2) is 60.9 Å². The number of hydrogen-bond donors (Lipinski definition) is 2. The molecule has 4 aromatic rings. The van der Waals surface area contributed by atoms with Gasteiger partial charge in [-0.15, -0.1) is 0 Å². The van der Waals surface area contributed by atoms with E-state index in [1.54, 1.807) is 28.8 Å². The Morgan fingerprint density at radius 1 is 1.03 bits per heavy atom. The van der Waals surface area contributed by atoms with Crippen LogP contribution >= 0.6 is 23.2 Å². The largest absolute Gasteiger partial charge is 0.508 e. The van der Waals surface area contributed by atoms with Gasteiger partial charge in [0.2, 0.25) is 5.95 Å². The third kappa shape index (κ3) is 3.85. The average molecular weight is 441 g/mol. The molecule has 0 unspecified atom stereocenters. The highest BCUT2D eigenvalue weighted by atomic mass is 35.5. The summed E-state index contributed by atoms with van der Waals surface area (Å²) < 4.78 is 1.69. The number of nitrogens with one attached hydrogen (secondary N) is 1. The van der Waals surface area contributed by atoms with Crippen LogP contribution in [0, 0.1) is 0 Å². The second kappa shape index (κ2) is 8.14. The first-order valence-electron chi connectivity index (χ1n) is 8.82. The van der Waals surface area contributed by atoms with E-state index in [2.05, 4.69) is 15.3 Å². The molecule has 0 aliphatic rings. The van der Waals surface area contributed by atoms with Crippen LogP contribution in [0.3, 0.4) is 0 Å². The van der Waals surface area contributed by atoms with E-state index in [1.165, 1.54) is 24.5 Å². The molecule has 0 bridgehead atoms. The molecular formula is C21H14Cl2N4O3. The number of aromatic nitrogens is 3. The molecular weight excluding hydrogens is 427 g/mol. The lowest BCUT2D eigenvalue weighted by Crippen LogP contribution is -2.24. The number of aromatic hydroxyl groups is 1. The van der Waals surface area contributed by atoms with Crippen molar-refractivity contribution in [1.82, 2.24) is 14.5 Å². The van der Waals surface area contributed by atoms with Crippen molar-refractivity contribution in [2.24, 2.45) is 0 Å². The topological polar surface area (TPSA) is 97.1 Å². The maximum Gasteiger partial charge on any atom is 0.299 e. The van der Waals surface area contributed by atoms with Gasteiger partial charge in [0.1, 0.15) is 10.9 Å². The van der Waals surface area contributed by atoms with Crippen LogP contribution in [0.5, 0.6) is 5.75 Å². The number of anilines is 1. The van der Waals surface area contributed by atoms with E-state index in [-0.39, 0.29) is 22.4 Å².